The lowest BCUT2D eigenvalue weighted by atomic mass is 10.0. The van der Waals surface area contributed by atoms with Crippen LogP contribution in [0, 0.1) is 13.8 Å². The number of carbonyl (C=O) groups excluding carboxylic acids is 2. The molecule has 3 aromatic rings. The number of carbonyl (C=O) groups is 2. The number of nitrogens with one attached hydrogen (secondary N) is 1. The van der Waals surface area contributed by atoms with E-state index in [4.69, 9.17) is 0 Å². The molecule has 0 saturated heterocycles. The molecule has 0 spiro atoms. The summed E-state index contributed by atoms with van der Waals surface area (Å²) in [6.45, 7) is 10.4. The minimum absolute atomic E-state index is 0.0286. The Morgan fingerprint density at radius 2 is 1.50 bits per heavy atom. The molecule has 0 saturated carbocycles. The summed E-state index contributed by atoms with van der Waals surface area (Å²) in [6, 6.07) is 25.7. The van der Waals surface area contributed by atoms with Crippen molar-refractivity contribution >= 4 is 23.6 Å². The highest BCUT2D eigenvalue weighted by molar-refractivity contribution is 7.99. The Kier molecular flexibility index (Phi) is 9.77. The number of nitrogens with zero attached hydrogens (tertiary/aromatic N) is 1. The highest BCUT2D eigenvalue weighted by atomic mass is 32.2. The number of benzene rings is 3. The summed E-state index contributed by atoms with van der Waals surface area (Å²) in [5.41, 5.74) is 5.26. The van der Waals surface area contributed by atoms with E-state index in [1.807, 2.05) is 94.4 Å². The third-order valence-corrected chi connectivity index (χ3v) is 6.95. The van der Waals surface area contributed by atoms with E-state index in [0.717, 1.165) is 22.4 Å². The Morgan fingerprint density at radius 3 is 2.14 bits per heavy atom. The quantitative estimate of drug-likeness (QED) is 0.365. The van der Waals surface area contributed by atoms with Gasteiger partial charge in [0.2, 0.25) is 11.8 Å². The molecule has 190 valence electrons. The van der Waals surface area contributed by atoms with Crippen molar-refractivity contribution in [3.8, 4) is 0 Å². The summed E-state index contributed by atoms with van der Waals surface area (Å²) >= 11 is 1.60. The predicted octanol–water partition coefficient (Wildman–Crippen LogP) is 6.09. The van der Waals surface area contributed by atoms with E-state index >= 15 is 0 Å². The van der Waals surface area contributed by atoms with E-state index in [-0.39, 0.29) is 11.8 Å². The second-order valence-electron chi connectivity index (χ2n) is 10.4. The maximum Gasteiger partial charge on any atom is 0.243 e. The first-order chi connectivity index (χ1) is 17.1. The molecule has 0 aromatic heterocycles. The van der Waals surface area contributed by atoms with Gasteiger partial charge < -0.3 is 10.2 Å². The lowest BCUT2D eigenvalue weighted by molar-refractivity contribution is -0.140. The lowest BCUT2D eigenvalue weighted by Crippen LogP contribution is -2.54. The van der Waals surface area contributed by atoms with Crippen molar-refractivity contribution in [2.45, 2.75) is 64.9 Å². The molecule has 0 unspecified atom stereocenters. The van der Waals surface area contributed by atoms with Gasteiger partial charge in [-0.3, -0.25) is 9.59 Å². The topological polar surface area (TPSA) is 49.4 Å². The average molecular weight is 503 g/mol. The molecule has 1 atom stereocenters. The highest BCUT2D eigenvalue weighted by Crippen LogP contribution is 2.20. The van der Waals surface area contributed by atoms with Gasteiger partial charge in [-0.25, -0.2) is 0 Å². The summed E-state index contributed by atoms with van der Waals surface area (Å²) in [6.07, 6.45) is 0.461. The van der Waals surface area contributed by atoms with Gasteiger partial charge in [0, 0.05) is 24.3 Å². The van der Waals surface area contributed by atoms with Gasteiger partial charge in [0.25, 0.3) is 0 Å². The first kappa shape index (κ1) is 27.5. The lowest BCUT2D eigenvalue weighted by Gasteiger charge is -2.34. The van der Waals surface area contributed by atoms with E-state index in [0.29, 0.717) is 18.7 Å². The second-order valence-corrected chi connectivity index (χ2v) is 11.4. The van der Waals surface area contributed by atoms with Gasteiger partial charge >= 0.3 is 0 Å². The van der Waals surface area contributed by atoms with Crippen molar-refractivity contribution in [1.82, 2.24) is 10.2 Å². The largest absolute Gasteiger partial charge is 0.350 e. The monoisotopic (exact) mass is 502 g/mol. The number of hydrogen-bond acceptors (Lipinski definition) is 3. The molecule has 5 heteroatoms. The smallest absolute Gasteiger partial charge is 0.243 e. The predicted molar refractivity (Wildman–Crippen MR) is 151 cm³/mol. The third-order valence-electron chi connectivity index (χ3n) is 5.99. The zero-order chi connectivity index (χ0) is 26.1. The van der Waals surface area contributed by atoms with Gasteiger partial charge in [-0.2, -0.15) is 0 Å². The van der Waals surface area contributed by atoms with Crippen LogP contribution in [0.3, 0.4) is 0 Å². The van der Waals surface area contributed by atoms with Gasteiger partial charge in [-0.1, -0.05) is 84.4 Å². The first-order valence-electron chi connectivity index (χ1n) is 12.5. The average Bonchev–Trinajstić information content (AvgIpc) is 2.83. The van der Waals surface area contributed by atoms with Crippen molar-refractivity contribution in [3.63, 3.8) is 0 Å². The van der Waals surface area contributed by atoms with Crippen LogP contribution in [0.5, 0.6) is 0 Å². The van der Waals surface area contributed by atoms with Gasteiger partial charge in [0.1, 0.15) is 6.04 Å². The van der Waals surface area contributed by atoms with Crippen LogP contribution in [0.2, 0.25) is 0 Å². The molecule has 2 amide bonds. The molecule has 4 nitrogen and oxygen atoms in total. The van der Waals surface area contributed by atoms with Crippen LogP contribution in [0.1, 0.15) is 48.6 Å². The minimum Gasteiger partial charge on any atom is -0.350 e. The fourth-order valence-corrected chi connectivity index (χ4v) is 4.99. The molecule has 0 heterocycles. The molecule has 0 aliphatic carbocycles. The number of hydrogen-bond donors (Lipinski definition) is 1. The summed E-state index contributed by atoms with van der Waals surface area (Å²) in [5.74, 6) is 0.915. The summed E-state index contributed by atoms with van der Waals surface area (Å²) in [4.78, 5) is 29.1. The number of thioether (sulfide) groups is 1. The second kappa shape index (κ2) is 12.8. The maximum atomic E-state index is 13.7. The Morgan fingerprint density at radius 1 is 0.861 bits per heavy atom. The minimum atomic E-state index is -0.612. The van der Waals surface area contributed by atoms with Gasteiger partial charge in [-0.05, 0) is 56.9 Å². The summed E-state index contributed by atoms with van der Waals surface area (Å²) < 4.78 is 0. The van der Waals surface area contributed by atoms with E-state index in [1.165, 1.54) is 11.1 Å². The molecule has 0 bridgehead atoms. The standard InChI is InChI=1S/C31H38N2O2S/c1-23-15-17-26(18-16-23)20-33(29(34)22-36-21-27-14-10-9-11-24(27)2)28(30(35)32-31(3,4)5)19-25-12-7-6-8-13-25/h6-18,28H,19-22H2,1-5H3,(H,32,35)/t28-/m0/s1. The van der Waals surface area contributed by atoms with Crippen molar-refractivity contribution in [2.75, 3.05) is 5.75 Å². The fourth-order valence-electron chi connectivity index (χ4n) is 4.00. The Labute approximate surface area is 220 Å². The van der Waals surface area contributed by atoms with Crippen LogP contribution >= 0.6 is 11.8 Å². The van der Waals surface area contributed by atoms with E-state index < -0.39 is 11.6 Å². The Hall–Kier alpha value is -3.05. The van der Waals surface area contributed by atoms with Gasteiger partial charge in [0.15, 0.2) is 0 Å². The van der Waals surface area contributed by atoms with Crippen molar-refractivity contribution in [2.24, 2.45) is 0 Å². The molecule has 0 radical (unpaired) electrons. The van der Waals surface area contributed by atoms with E-state index in [2.05, 4.69) is 24.4 Å². The van der Waals surface area contributed by atoms with E-state index in [1.54, 1.807) is 16.7 Å². The van der Waals surface area contributed by atoms with Crippen LogP contribution < -0.4 is 5.32 Å². The zero-order valence-corrected chi connectivity index (χ0v) is 22.9. The van der Waals surface area contributed by atoms with Crippen LogP contribution in [0.15, 0.2) is 78.9 Å². The molecule has 0 aliphatic heterocycles. The zero-order valence-electron chi connectivity index (χ0n) is 22.1. The molecule has 36 heavy (non-hydrogen) atoms. The van der Waals surface area contributed by atoms with Crippen LogP contribution in [-0.2, 0) is 28.3 Å². The van der Waals surface area contributed by atoms with E-state index in [9.17, 15) is 9.59 Å². The van der Waals surface area contributed by atoms with Gasteiger partial charge in [-0.15, -0.1) is 11.8 Å². The maximum absolute atomic E-state index is 13.7. The molecule has 0 fully saturated rings. The molecular formula is C31H38N2O2S. The normalized spacial score (nSPS) is 12.1. The van der Waals surface area contributed by atoms with Crippen molar-refractivity contribution in [3.05, 3.63) is 107 Å². The Bertz CT molecular complexity index is 1140. The molecule has 3 aromatic carbocycles. The summed E-state index contributed by atoms with van der Waals surface area (Å²) in [7, 11) is 0. The molecule has 0 aliphatic rings. The van der Waals surface area contributed by atoms with Crippen molar-refractivity contribution < 1.29 is 9.59 Å². The molecular weight excluding hydrogens is 464 g/mol. The number of aryl methyl sites for hydroxylation is 2. The van der Waals surface area contributed by atoms with Crippen LogP contribution in [0.4, 0.5) is 0 Å². The Balaban J connectivity index is 1.87. The van der Waals surface area contributed by atoms with Crippen LogP contribution in [-0.4, -0.2) is 34.0 Å². The van der Waals surface area contributed by atoms with Gasteiger partial charge in [0.05, 0.1) is 5.75 Å². The fraction of sp³-hybridized carbons (Fsp3) is 0.355. The molecule has 3 rings (SSSR count). The first-order valence-corrected chi connectivity index (χ1v) is 13.6. The van der Waals surface area contributed by atoms with Crippen molar-refractivity contribution in [1.29, 1.82) is 0 Å². The SMILES string of the molecule is Cc1ccc(CN(C(=O)CSCc2ccccc2C)[C@@H](Cc2ccccc2)C(=O)NC(C)(C)C)cc1. The molecule has 1 N–H and O–H groups in total. The highest BCUT2D eigenvalue weighted by Gasteiger charge is 2.32. The van der Waals surface area contributed by atoms with Crippen LogP contribution in [0.25, 0.3) is 0 Å². The number of amides is 2. The summed E-state index contributed by atoms with van der Waals surface area (Å²) in [5, 5.41) is 3.12. The number of rotatable bonds is 10. The third kappa shape index (κ3) is 8.56.